The van der Waals surface area contributed by atoms with Gasteiger partial charge >= 0.3 is 5.97 Å². The number of nitrogens with zero attached hydrogens (tertiary/aromatic N) is 1. The van der Waals surface area contributed by atoms with Crippen molar-refractivity contribution in [3.05, 3.63) is 52.5 Å². The van der Waals surface area contributed by atoms with Crippen molar-refractivity contribution in [3.8, 4) is 11.5 Å². The Morgan fingerprint density at radius 2 is 2.04 bits per heavy atom. The summed E-state index contributed by atoms with van der Waals surface area (Å²) in [4.78, 5) is 25.8. The van der Waals surface area contributed by atoms with Crippen LogP contribution in [0.2, 0.25) is 5.02 Å². The molecule has 3 rings (SSSR count). The second kappa shape index (κ2) is 7.03. The number of rotatable bonds is 3. The second-order valence-corrected chi connectivity index (χ2v) is 5.84. The topological polar surface area (TPSA) is 65.1 Å². The molecule has 1 aliphatic rings. The number of carbonyl (C=O) groups excluding carboxylic acids is 2. The predicted molar refractivity (Wildman–Crippen MR) is 92.5 cm³/mol. The maximum absolute atomic E-state index is 12.5. The molecule has 0 aromatic heterocycles. The van der Waals surface area contributed by atoms with Crippen molar-refractivity contribution in [2.45, 2.75) is 6.54 Å². The molecule has 0 fully saturated rings. The monoisotopic (exact) mass is 361 g/mol. The van der Waals surface area contributed by atoms with Crippen molar-refractivity contribution < 1.29 is 23.8 Å². The number of methoxy groups -OCH3 is 2. The number of anilines is 1. The maximum atomic E-state index is 12.5. The molecule has 0 radical (unpaired) electrons. The Labute approximate surface area is 149 Å². The quantitative estimate of drug-likeness (QED) is 0.786. The highest BCUT2D eigenvalue weighted by Crippen LogP contribution is 2.37. The van der Waals surface area contributed by atoms with Gasteiger partial charge in [-0.25, -0.2) is 4.79 Å². The zero-order valence-corrected chi connectivity index (χ0v) is 14.5. The van der Waals surface area contributed by atoms with Crippen LogP contribution in [-0.4, -0.2) is 32.7 Å². The minimum Gasteiger partial charge on any atom is -0.493 e. The molecule has 130 valence electrons. The summed E-state index contributed by atoms with van der Waals surface area (Å²) in [7, 11) is 2.82. The number of carbonyl (C=O) groups is 2. The number of benzene rings is 2. The molecular weight excluding hydrogens is 346 g/mol. The molecule has 7 heteroatoms. The van der Waals surface area contributed by atoms with E-state index in [4.69, 9.17) is 25.8 Å². The van der Waals surface area contributed by atoms with Crippen LogP contribution < -0.4 is 14.4 Å². The first kappa shape index (κ1) is 17.1. The summed E-state index contributed by atoms with van der Waals surface area (Å²) in [5.74, 6) is 0.259. The molecule has 0 saturated carbocycles. The first-order valence-corrected chi connectivity index (χ1v) is 7.89. The zero-order chi connectivity index (χ0) is 18.0. The van der Waals surface area contributed by atoms with Gasteiger partial charge < -0.3 is 19.1 Å². The first-order valence-electron chi connectivity index (χ1n) is 7.51. The minimum absolute atomic E-state index is 0.145. The van der Waals surface area contributed by atoms with E-state index in [1.807, 2.05) is 0 Å². The Kier molecular flexibility index (Phi) is 4.81. The van der Waals surface area contributed by atoms with Crippen LogP contribution in [0.4, 0.5) is 5.69 Å². The van der Waals surface area contributed by atoms with Crippen molar-refractivity contribution >= 4 is 29.2 Å². The number of fused-ring (bicyclic) bond motifs is 1. The van der Waals surface area contributed by atoms with E-state index in [1.165, 1.54) is 19.1 Å². The molecular formula is C18H16ClNO5. The van der Waals surface area contributed by atoms with Crippen molar-refractivity contribution in [2.24, 2.45) is 0 Å². The molecule has 25 heavy (non-hydrogen) atoms. The maximum Gasteiger partial charge on any atom is 0.337 e. The van der Waals surface area contributed by atoms with Crippen molar-refractivity contribution in [2.75, 3.05) is 25.7 Å². The van der Waals surface area contributed by atoms with Crippen molar-refractivity contribution in [3.63, 3.8) is 0 Å². The highest BCUT2D eigenvalue weighted by Gasteiger charge is 2.26. The number of hydrogen-bond acceptors (Lipinski definition) is 5. The van der Waals surface area contributed by atoms with E-state index in [1.54, 1.807) is 36.4 Å². The van der Waals surface area contributed by atoms with Crippen LogP contribution in [-0.2, 0) is 16.1 Å². The lowest BCUT2D eigenvalue weighted by molar-refractivity contribution is -0.120. The predicted octanol–water partition coefficient (Wildman–Crippen LogP) is 3.06. The molecule has 2 aromatic rings. The summed E-state index contributed by atoms with van der Waals surface area (Å²) < 4.78 is 15.6. The van der Waals surface area contributed by atoms with Gasteiger partial charge in [-0.2, -0.15) is 0 Å². The van der Waals surface area contributed by atoms with Gasteiger partial charge in [0.1, 0.15) is 0 Å². The molecule has 0 saturated heterocycles. The molecule has 1 heterocycles. The largest absolute Gasteiger partial charge is 0.493 e. The number of ether oxygens (including phenoxy) is 3. The molecule has 6 nitrogen and oxygen atoms in total. The van der Waals surface area contributed by atoms with E-state index in [2.05, 4.69) is 0 Å². The molecule has 0 aliphatic carbocycles. The van der Waals surface area contributed by atoms with Crippen LogP contribution >= 0.6 is 11.6 Å². The lowest BCUT2D eigenvalue weighted by atomic mass is 10.1. The molecule has 2 aromatic carbocycles. The van der Waals surface area contributed by atoms with E-state index < -0.39 is 5.97 Å². The third kappa shape index (κ3) is 3.39. The van der Waals surface area contributed by atoms with Gasteiger partial charge in [0.15, 0.2) is 18.1 Å². The number of hydrogen-bond donors (Lipinski definition) is 0. The van der Waals surface area contributed by atoms with E-state index in [0.29, 0.717) is 27.8 Å². The van der Waals surface area contributed by atoms with Gasteiger partial charge in [-0.15, -0.1) is 0 Å². The van der Waals surface area contributed by atoms with Gasteiger partial charge in [0.05, 0.1) is 26.3 Å². The third-order valence-electron chi connectivity index (χ3n) is 3.86. The van der Waals surface area contributed by atoms with Gasteiger partial charge in [0.2, 0.25) is 0 Å². The molecule has 0 bridgehead atoms. The minimum atomic E-state index is -0.467. The Balaban J connectivity index is 2.02. The normalized spacial score (nSPS) is 13.6. The Morgan fingerprint density at radius 1 is 1.24 bits per heavy atom. The number of esters is 1. The van der Waals surface area contributed by atoms with Crippen LogP contribution in [0, 0.1) is 0 Å². The zero-order valence-electron chi connectivity index (χ0n) is 13.7. The van der Waals surface area contributed by atoms with E-state index in [-0.39, 0.29) is 19.1 Å². The Hall–Kier alpha value is -2.73. The van der Waals surface area contributed by atoms with Crippen molar-refractivity contribution in [1.82, 2.24) is 0 Å². The van der Waals surface area contributed by atoms with Gasteiger partial charge in [0.25, 0.3) is 5.91 Å². The molecule has 1 aliphatic heterocycles. The molecule has 0 atom stereocenters. The number of amides is 1. The first-order chi connectivity index (χ1) is 12.0. The highest BCUT2D eigenvalue weighted by atomic mass is 35.5. The summed E-state index contributed by atoms with van der Waals surface area (Å²) in [6.45, 7) is 0.100. The third-order valence-corrected chi connectivity index (χ3v) is 4.08. The Morgan fingerprint density at radius 3 is 2.76 bits per heavy atom. The van der Waals surface area contributed by atoms with Crippen LogP contribution in [0.3, 0.4) is 0 Å². The lowest BCUT2D eigenvalue weighted by Gasteiger charge is -2.20. The van der Waals surface area contributed by atoms with Gasteiger partial charge in [-0.05, 0) is 24.3 Å². The van der Waals surface area contributed by atoms with Crippen LogP contribution in [0.25, 0.3) is 0 Å². The highest BCUT2D eigenvalue weighted by molar-refractivity contribution is 6.30. The van der Waals surface area contributed by atoms with Crippen LogP contribution in [0.15, 0.2) is 36.4 Å². The Bertz CT molecular complexity index is 836. The molecule has 0 unspecified atom stereocenters. The van der Waals surface area contributed by atoms with Crippen LogP contribution in [0.1, 0.15) is 15.9 Å². The standard InChI is InChI=1S/C18H16ClNO5/c1-23-15-8-13(19)6-12-9-20(16(21)10-25-17(12)15)14-5-3-4-11(7-14)18(22)24-2/h3-8H,9-10H2,1-2H3. The average molecular weight is 362 g/mol. The smallest absolute Gasteiger partial charge is 0.337 e. The summed E-state index contributed by atoms with van der Waals surface area (Å²) in [6, 6.07) is 10.0. The second-order valence-electron chi connectivity index (χ2n) is 5.41. The fraction of sp³-hybridized carbons (Fsp3) is 0.222. The fourth-order valence-electron chi connectivity index (χ4n) is 2.68. The SMILES string of the molecule is COC(=O)c1cccc(N2Cc3cc(Cl)cc(OC)c3OCC2=O)c1. The van der Waals surface area contributed by atoms with Gasteiger partial charge in [0, 0.05) is 22.3 Å². The van der Waals surface area contributed by atoms with Crippen LogP contribution in [0.5, 0.6) is 11.5 Å². The lowest BCUT2D eigenvalue weighted by Crippen LogP contribution is -2.32. The van der Waals surface area contributed by atoms with Crippen molar-refractivity contribution in [1.29, 1.82) is 0 Å². The summed E-state index contributed by atoms with van der Waals surface area (Å²) in [5, 5.41) is 0.483. The summed E-state index contributed by atoms with van der Waals surface area (Å²) >= 11 is 6.13. The van der Waals surface area contributed by atoms with Gasteiger partial charge in [-0.3, -0.25) is 4.79 Å². The number of halogens is 1. The molecule has 1 amide bonds. The molecule has 0 spiro atoms. The fourth-order valence-corrected chi connectivity index (χ4v) is 2.91. The summed E-state index contributed by atoms with van der Waals surface area (Å²) in [6.07, 6.45) is 0. The summed E-state index contributed by atoms with van der Waals surface area (Å²) in [5.41, 5.74) is 1.66. The van der Waals surface area contributed by atoms with E-state index in [0.717, 1.165) is 5.56 Å². The average Bonchev–Trinajstić information content (AvgIpc) is 2.79. The molecule has 0 N–H and O–H groups in total. The van der Waals surface area contributed by atoms with E-state index in [9.17, 15) is 9.59 Å². The van der Waals surface area contributed by atoms with Gasteiger partial charge in [-0.1, -0.05) is 17.7 Å². The van der Waals surface area contributed by atoms with E-state index >= 15 is 0 Å².